The van der Waals surface area contributed by atoms with Crippen LogP contribution < -0.4 is 10.1 Å². The summed E-state index contributed by atoms with van der Waals surface area (Å²) in [6, 6.07) is 4.86. The van der Waals surface area contributed by atoms with Crippen LogP contribution in [0.4, 0.5) is 0 Å². The van der Waals surface area contributed by atoms with Gasteiger partial charge in [0.15, 0.2) is 6.61 Å². The van der Waals surface area contributed by atoms with E-state index < -0.39 is 0 Å². The van der Waals surface area contributed by atoms with Crippen LogP contribution in [0.3, 0.4) is 0 Å². The Bertz CT molecular complexity index is 413. The SMILES string of the molecule is CCOCCCNC(=O)COc1ccc(Cl)cc1Cl. The maximum absolute atomic E-state index is 11.5. The van der Waals surface area contributed by atoms with Gasteiger partial charge in [-0.05, 0) is 31.5 Å². The number of carbonyl (C=O) groups excluding carboxylic acids is 1. The minimum absolute atomic E-state index is 0.0734. The quantitative estimate of drug-likeness (QED) is 0.751. The molecule has 0 saturated heterocycles. The standard InChI is InChI=1S/C13H17Cl2NO3/c1-2-18-7-3-6-16-13(17)9-19-12-5-4-10(14)8-11(12)15/h4-5,8H,2-3,6-7,9H2,1H3,(H,16,17). The molecule has 0 saturated carbocycles. The van der Waals surface area contributed by atoms with E-state index in [1.807, 2.05) is 6.92 Å². The fraction of sp³-hybridized carbons (Fsp3) is 0.462. The Labute approximate surface area is 123 Å². The van der Waals surface area contributed by atoms with Gasteiger partial charge < -0.3 is 14.8 Å². The molecule has 6 heteroatoms. The van der Waals surface area contributed by atoms with Crippen LogP contribution in [0.15, 0.2) is 18.2 Å². The van der Waals surface area contributed by atoms with Crippen molar-refractivity contribution in [3.05, 3.63) is 28.2 Å². The molecule has 0 atom stereocenters. The largest absolute Gasteiger partial charge is 0.482 e. The van der Waals surface area contributed by atoms with Gasteiger partial charge in [-0.2, -0.15) is 0 Å². The van der Waals surface area contributed by atoms with E-state index in [1.165, 1.54) is 0 Å². The summed E-state index contributed by atoms with van der Waals surface area (Å²) >= 11 is 11.7. The zero-order valence-corrected chi connectivity index (χ0v) is 12.3. The summed E-state index contributed by atoms with van der Waals surface area (Å²) in [5.74, 6) is 0.248. The number of rotatable bonds is 8. The number of nitrogens with one attached hydrogen (secondary N) is 1. The van der Waals surface area contributed by atoms with Gasteiger partial charge >= 0.3 is 0 Å². The highest BCUT2D eigenvalue weighted by atomic mass is 35.5. The molecule has 0 radical (unpaired) electrons. The van der Waals surface area contributed by atoms with Gasteiger partial charge in [0.05, 0.1) is 5.02 Å². The fourth-order valence-electron chi connectivity index (χ4n) is 1.33. The number of hydrogen-bond acceptors (Lipinski definition) is 3. The highest BCUT2D eigenvalue weighted by Gasteiger charge is 2.05. The van der Waals surface area contributed by atoms with E-state index in [9.17, 15) is 4.79 Å². The molecule has 0 aliphatic heterocycles. The van der Waals surface area contributed by atoms with E-state index in [0.29, 0.717) is 35.6 Å². The molecule has 0 unspecified atom stereocenters. The normalized spacial score (nSPS) is 10.3. The molecule has 1 aromatic carbocycles. The number of hydrogen-bond donors (Lipinski definition) is 1. The van der Waals surface area contributed by atoms with Gasteiger partial charge in [-0.25, -0.2) is 0 Å². The molecular formula is C13H17Cl2NO3. The average molecular weight is 306 g/mol. The van der Waals surface area contributed by atoms with Crippen molar-refractivity contribution in [1.29, 1.82) is 0 Å². The van der Waals surface area contributed by atoms with Gasteiger partial charge in [0, 0.05) is 24.8 Å². The molecule has 19 heavy (non-hydrogen) atoms. The Morgan fingerprint density at radius 2 is 2.16 bits per heavy atom. The van der Waals surface area contributed by atoms with E-state index in [4.69, 9.17) is 32.7 Å². The van der Waals surface area contributed by atoms with Crippen molar-refractivity contribution < 1.29 is 14.3 Å². The topological polar surface area (TPSA) is 47.6 Å². The smallest absolute Gasteiger partial charge is 0.257 e. The Balaban J connectivity index is 2.22. The summed E-state index contributed by atoms with van der Waals surface area (Å²) in [6.07, 6.45) is 0.779. The molecule has 4 nitrogen and oxygen atoms in total. The van der Waals surface area contributed by atoms with Crippen molar-refractivity contribution in [2.45, 2.75) is 13.3 Å². The molecular weight excluding hydrogens is 289 g/mol. The summed E-state index contributed by atoms with van der Waals surface area (Å²) in [6.45, 7) is 3.75. The van der Waals surface area contributed by atoms with E-state index in [1.54, 1.807) is 18.2 Å². The van der Waals surface area contributed by atoms with E-state index in [0.717, 1.165) is 6.42 Å². The second-order valence-corrected chi connectivity index (χ2v) is 4.61. The summed E-state index contributed by atoms with van der Waals surface area (Å²) in [7, 11) is 0. The first-order valence-electron chi connectivity index (χ1n) is 6.05. The molecule has 0 aliphatic carbocycles. The molecule has 1 amide bonds. The zero-order chi connectivity index (χ0) is 14.1. The van der Waals surface area contributed by atoms with Crippen molar-refractivity contribution in [3.63, 3.8) is 0 Å². The summed E-state index contributed by atoms with van der Waals surface area (Å²) in [4.78, 5) is 11.5. The van der Waals surface area contributed by atoms with Crippen LogP contribution in [0, 0.1) is 0 Å². The first-order valence-corrected chi connectivity index (χ1v) is 6.81. The molecule has 1 N–H and O–H groups in total. The van der Waals surface area contributed by atoms with Gasteiger partial charge in [0.1, 0.15) is 5.75 Å². The third kappa shape index (κ3) is 6.66. The molecule has 1 rings (SSSR count). The molecule has 0 aromatic heterocycles. The minimum Gasteiger partial charge on any atom is -0.482 e. The zero-order valence-electron chi connectivity index (χ0n) is 10.7. The predicted molar refractivity (Wildman–Crippen MR) is 76.1 cm³/mol. The molecule has 0 bridgehead atoms. The van der Waals surface area contributed by atoms with Crippen LogP contribution in [0.2, 0.25) is 10.0 Å². The Kier molecular flexibility index (Phi) is 7.63. The third-order valence-electron chi connectivity index (χ3n) is 2.24. The van der Waals surface area contributed by atoms with Crippen LogP contribution in [0.1, 0.15) is 13.3 Å². The minimum atomic E-state index is -0.192. The maximum Gasteiger partial charge on any atom is 0.257 e. The average Bonchev–Trinajstić information content (AvgIpc) is 2.37. The van der Waals surface area contributed by atoms with Gasteiger partial charge in [-0.1, -0.05) is 23.2 Å². The van der Waals surface area contributed by atoms with Crippen molar-refractivity contribution in [1.82, 2.24) is 5.32 Å². The van der Waals surface area contributed by atoms with Crippen LogP contribution >= 0.6 is 23.2 Å². The Hall–Kier alpha value is -0.970. The van der Waals surface area contributed by atoms with Gasteiger partial charge in [0.25, 0.3) is 5.91 Å². The van der Waals surface area contributed by atoms with Gasteiger partial charge in [0.2, 0.25) is 0 Å². The lowest BCUT2D eigenvalue weighted by Gasteiger charge is -2.09. The molecule has 1 aromatic rings. The van der Waals surface area contributed by atoms with Crippen molar-refractivity contribution in [2.24, 2.45) is 0 Å². The lowest BCUT2D eigenvalue weighted by atomic mass is 10.3. The van der Waals surface area contributed by atoms with Crippen molar-refractivity contribution >= 4 is 29.1 Å². The van der Waals surface area contributed by atoms with Crippen molar-refractivity contribution in [2.75, 3.05) is 26.4 Å². The summed E-state index contributed by atoms with van der Waals surface area (Å²) < 4.78 is 10.5. The highest BCUT2D eigenvalue weighted by Crippen LogP contribution is 2.27. The number of halogens is 2. The lowest BCUT2D eigenvalue weighted by Crippen LogP contribution is -2.30. The second-order valence-electron chi connectivity index (χ2n) is 3.76. The van der Waals surface area contributed by atoms with Crippen LogP contribution in [0.5, 0.6) is 5.75 Å². The Morgan fingerprint density at radius 1 is 1.37 bits per heavy atom. The number of benzene rings is 1. The fourth-order valence-corrected chi connectivity index (χ4v) is 1.80. The molecule has 0 spiro atoms. The Morgan fingerprint density at radius 3 is 2.84 bits per heavy atom. The summed E-state index contributed by atoms with van der Waals surface area (Å²) in [5, 5.41) is 3.64. The predicted octanol–water partition coefficient (Wildman–Crippen LogP) is 2.92. The molecule has 0 fully saturated rings. The van der Waals surface area contributed by atoms with Crippen LogP contribution in [-0.4, -0.2) is 32.3 Å². The van der Waals surface area contributed by atoms with Gasteiger partial charge in [-0.3, -0.25) is 4.79 Å². The number of amides is 1. The summed E-state index contributed by atoms with van der Waals surface area (Å²) in [5.41, 5.74) is 0. The van der Waals surface area contributed by atoms with Crippen LogP contribution in [0.25, 0.3) is 0 Å². The molecule has 0 heterocycles. The molecule has 106 valence electrons. The first-order chi connectivity index (χ1) is 9.13. The first kappa shape index (κ1) is 16.1. The highest BCUT2D eigenvalue weighted by molar-refractivity contribution is 6.35. The van der Waals surface area contributed by atoms with E-state index >= 15 is 0 Å². The van der Waals surface area contributed by atoms with Crippen molar-refractivity contribution in [3.8, 4) is 5.75 Å². The maximum atomic E-state index is 11.5. The number of carbonyl (C=O) groups is 1. The monoisotopic (exact) mass is 305 g/mol. The second kappa shape index (κ2) is 9.02. The number of ether oxygens (including phenoxy) is 2. The van der Waals surface area contributed by atoms with Gasteiger partial charge in [-0.15, -0.1) is 0 Å². The van der Waals surface area contributed by atoms with E-state index in [2.05, 4.69) is 5.32 Å². The third-order valence-corrected chi connectivity index (χ3v) is 2.77. The molecule has 0 aliphatic rings. The lowest BCUT2D eigenvalue weighted by molar-refractivity contribution is -0.123. The van der Waals surface area contributed by atoms with E-state index in [-0.39, 0.29) is 12.5 Å². The van der Waals surface area contributed by atoms with Crippen LogP contribution in [-0.2, 0) is 9.53 Å².